The number of hydrogen-bond donors (Lipinski definition) is 2. The van der Waals surface area contributed by atoms with E-state index < -0.39 is 30.2 Å². The minimum Gasteiger partial charge on any atom is -0.481 e. The van der Waals surface area contributed by atoms with Gasteiger partial charge in [-0.15, -0.1) is 0 Å². The highest BCUT2D eigenvalue weighted by Crippen LogP contribution is 2.34. The number of carbonyl (C=O) groups is 2. The molecule has 1 unspecified atom stereocenters. The Balaban J connectivity index is 2.66. The minimum atomic E-state index is -1.12. The largest absolute Gasteiger partial charge is 0.481 e. The Morgan fingerprint density at radius 1 is 1.12 bits per heavy atom. The van der Waals surface area contributed by atoms with Crippen LogP contribution in [-0.2, 0) is 9.59 Å². The first-order chi connectivity index (χ1) is 12.1. The third-order valence-electron chi connectivity index (χ3n) is 4.20. The Morgan fingerprint density at radius 3 is 2.19 bits per heavy atom. The lowest BCUT2D eigenvalue weighted by atomic mass is 9.90. The first-order valence-corrected chi connectivity index (χ1v) is 8.54. The smallest absolute Gasteiger partial charge is 0.305 e. The van der Waals surface area contributed by atoms with Crippen LogP contribution in [0.15, 0.2) is 24.3 Å². The Kier molecular flexibility index (Phi) is 6.03. The normalized spacial score (nSPS) is 11.9. The maximum absolute atomic E-state index is 14.7. The van der Waals surface area contributed by atoms with Gasteiger partial charge in [0.1, 0.15) is 5.82 Å². The number of carboxylic acids is 1. The van der Waals surface area contributed by atoms with Crippen LogP contribution in [0.5, 0.6) is 0 Å². The van der Waals surface area contributed by atoms with Crippen LogP contribution in [0.3, 0.4) is 0 Å². The van der Waals surface area contributed by atoms with E-state index >= 15 is 0 Å². The monoisotopic (exact) mass is 377 g/mol. The van der Waals surface area contributed by atoms with E-state index in [0.717, 1.165) is 22.3 Å². The van der Waals surface area contributed by atoms with Crippen molar-refractivity contribution in [3.8, 4) is 11.1 Å². The lowest BCUT2D eigenvalue weighted by Crippen LogP contribution is -2.29. The van der Waals surface area contributed by atoms with Crippen LogP contribution < -0.4 is 5.32 Å². The van der Waals surface area contributed by atoms with Gasteiger partial charge >= 0.3 is 5.97 Å². The molecule has 26 heavy (non-hydrogen) atoms. The third kappa shape index (κ3) is 4.41. The van der Waals surface area contributed by atoms with Gasteiger partial charge in [-0.25, -0.2) is 4.39 Å². The van der Waals surface area contributed by atoms with Crippen molar-refractivity contribution in [3.05, 3.63) is 57.4 Å². The van der Waals surface area contributed by atoms with Gasteiger partial charge in [-0.2, -0.15) is 0 Å². The minimum absolute atomic E-state index is 0.159. The standard InChI is InChI=1S/C20H21ClFNO3/c1-10-6-15(21)7-11(2)19(10)14-5-12(3)20(22)16(8-14)17(9-18(25)26)23-13(4)24/h5-8,17H,9H2,1-4H3,(H,23,24)(H,25,26). The summed E-state index contributed by atoms with van der Waals surface area (Å²) in [4.78, 5) is 22.6. The van der Waals surface area contributed by atoms with Crippen LogP contribution in [0.4, 0.5) is 4.39 Å². The number of aliphatic carboxylic acids is 1. The maximum Gasteiger partial charge on any atom is 0.305 e. The summed E-state index contributed by atoms with van der Waals surface area (Å²) in [6.07, 6.45) is -0.405. The summed E-state index contributed by atoms with van der Waals surface area (Å²) in [6, 6.07) is 6.02. The molecule has 0 fully saturated rings. The van der Waals surface area contributed by atoms with Gasteiger partial charge in [0.05, 0.1) is 12.5 Å². The Labute approximate surface area is 157 Å². The molecule has 2 N–H and O–H groups in total. The number of benzene rings is 2. The topological polar surface area (TPSA) is 66.4 Å². The zero-order chi connectivity index (χ0) is 19.6. The van der Waals surface area contributed by atoms with Crippen molar-refractivity contribution in [1.29, 1.82) is 0 Å². The molecule has 2 aromatic rings. The quantitative estimate of drug-likeness (QED) is 0.792. The number of carboxylic acid groups (broad SMARTS) is 1. The van der Waals surface area contributed by atoms with Crippen molar-refractivity contribution in [2.75, 3.05) is 0 Å². The molecule has 6 heteroatoms. The number of halogens is 2. The highest BCUT2D eigenvalue weighted by molar-refractivity contribution is 6.30. The number of amides is 1. The number of nitrogens with one attached hydrogen (secondary N) is 1. The summed E-state index contributed by atoms with van der Waals surface area (Å²) in [6.45, 7) is 6.72. The van der Waals surface area contributed by atoms with Crippen LogP contribution >= 0.6 is 11.6 Å². The SMILES string of the molecule is CC(=O)NC(CC(=O)O)c1cc(-c2c(C)cc(Cl)cc2C)cc(C)c1F. The number of aryl methyl sites for hydroxylation is 3. The molecule has 2 rings (SSSR count). The average molecular weight is 378 g/mol. The summed E-state index contributed by atoms with van der Waals surface area (Å²) < 4.78 is 14.7. The molecule has 0 heterocycles. The number of hydrogen-bond acceptors (Lipinski definition) is 2. The molecule has 0 aliphatic carbocycles. The van der Waals surface area contributed by atoms with E-state index in [1.807, 2.05) is 26.0 Å². The molecule has 0 aromatic heterocycles. The highest BCUT2D eigenvalue weighted by Gasteiger charge is 2.23. The second kappa shape index (κ2) is 7.87. The highest BCUT2D eigenvalue weighted by atomic mass is 35.5. The molecule has 138 valence electrons. The van der Waals surface area contributed by atoms with Crippen molar-refractivity contribution < 1.29 is 19.1 Å². The molecule has 4 nitrogen and oxygen atoms in total. The van der Waals surface area contributed by atoms with Gasteiger partial charge in [0, 0.05) is 17.5 Å². The average Bonchev–Trinajstić information content (AvgIpc) is 2.47. The summed E-state index contributed by atoms with van der Waals surface area (Å²) in [5.41, 5.74) is 4.07. The van der Waals surface area contributed by atoms with Gasteiger partial charge in [-0.3, -0.25) is 9.59 Å². The van der Waals surface area contributed by atoms with Crippen molar-refractivity contribution in [2.45, 2.75) is 40.2 Å². The molecule has 0 aliphatic rings. The van der Waals surface area contributed by atoms with Gasteiger partial charge in [-0.1, -0.05) is 11.6 Å². The molecule has 0 aliphatic heterocycles. The lowest BCUT2D eigenvalue weighted by molar-refractivity contribution is -0.137. The van der Waals surface area contributed by atoms with Gasteiger partial charge < -0.3 is 10.4 Å². The van der Waals surface area contributed by atoms with Gasteiger partial charge in [0.25, 0.3) is 0 Å². The second-order valence-corrected chi connectivity index (χ2v) is 6.90. The van der Waals surface area contributed by atoms with E-state index in [0.29, 0.717) is 10.6 Å². The molecule has 2 aromatic carbocycles. The van der Waals surface area contributed by atoms with E-state index in [1.54, 1.807) is 19.1 Å². The fourth-order valence-corrected chi connectivity index (χ4v) is 3.55. The van der Waals surface area contributed by atoms with E-state index in [1.165, 1.54) is 6.92 Å². The number of carbonyl (C=O) groups excluding carboxylic acids is 1. The maximum atomic E-state index is 14.7. The zero-order valence-corrected chi connectivity index (χ0v) is 15.9. The fourth-order valence-electron chi connectivity index (χ4n) is 3.22. The van der Waals surface area contributed by atoms with Crippen LogP contribution in [-0.4, -0.2) is 17.0 Å². The molecule has 0 saturated heterocycles. The van der Waals surface area contributed by atoms with E-state index in [4.69, 9.17) is 16.7 Å². The van der Waals surface area contributed by atoms with Crippen LogP contribution in [0.2, 0.25) is 5.02 Å². The Bertz CT molecular complexity index is 841. The first-order valence-electron chi connectivity index (χ1n) is 8.16. The summed E-state index contributed by atoms with van der Waals surface area (Å²) >= 11 is 6.09. The zero-order valence-electron chi connectivity index (χ0n) is 15.1. The van der Waals surface area contributed by atoms with Crippen molar-refractivity contribution in [2.24, 2.45) is 0 Å². The lowest BCUT2D eigenvalue weighted by Gasteiger charge is -2.20. The summed E-state index contributed by atoms with van der Waals surface area (Å²) in [5.74, 6) is -2.05. The molecule has 1 atom stereocenters. The predicted octanol–water partition coefficient (Wildman–Crippen LogP) is 4.72. The Morgan fingerprint density at radius 2 is 1.69 bits per heavy atom. The molecule has 0 saturated carbocycles. The van der Waals surface area contributed by atoms with Crippen LogP contribution in [0.1, 0.15) is 41.6 Å². The fraction of sp³-hybridized carbons (Fsp3) is 0.300. The molecular formula is C20H21ClFNO3. The molecular weight excluding hydrogens is 357 g/mol. The van der Waals surface area contributed by atoms with E-state index in [2.05, 4.69) is 5.32 Å². The molecule has 0 radical (unpaired) electrons. The van der Waals surface area contributed by atoms with Crippen molar-refractivity contribution in [1.82, 2.24) is 5.32 Å². The molecule has 0 spiro atoms. The summed E-state index contributed by atoms with van der Waals surface area (Å²) in [5, 5.41) is 12.3. The first kappa shape index (κ1) is 19.9. The Hall–Kier alpha value is -2.40. The van der Waals surface area contributed by atoms with E-state index in [9.17, 15) is 14.0 Å². The second-order valence-electron chi connectivity index (χ2n) is 6.46. The van der Waals surface area contributed by atoms with Crippen molar-refractivity contribution >= 4 is 23.5 Å². The van der Waals surface area contributed by atoms with Crippen LogP contribution in [0.25, 0.3) is 11.1 Å². The van der Waals surface area contributed by atoms with Gasteiger partial charge in [0.15, 0.2) is 0 Å². The molecule has 1 amide bonds. The third-order valence-corrected chi connectivity index (χ3v) is 4.42. The predicted molar refractivity (Wildman–Crippen MR) is 99.9 cm³/mol. The molecule has 0 bridgehead atoms. The van der Waals surface area contributed by atoms with Gasteiger partial charge in [0.2, 0.25) is 5.91 Å². The van der Waals surface area contributed by atoms with E-state index in [-0.39, 0.29) is 5.56 Å². The van der Waals surface area contributed by atoms with Gasteiger partial charge in [-0.05, 0) is 72.9 Å². The van der Waals surface area contributed by atoms with Crippen molar-refractivity contribution in [3.63, 3.8) is 0 Å². The van der Waals surface area contributed by atoms with Crippen LogP contribution in [0, 0.1) is 26.6 Å². The summed E-state index contributed by atoms with van der Waals surface area (Å²) in [7, 11) is 0. The number of rotatable bonds is 5.